The molecule has 1 aromatic heterocycles. The third-order valence-corrected chi connectivity index (χ3v) is 6.46. The highest BCUT2D eigenvalue weighted by Crippen LogP contribution is 2.39. The third kappa shape index (κ3) is 1.93. The number of hydrogen-bond donors (Lipinski definition) is 0. The van der Waals surface area contributed by atoms with Crippen LogP contribution in [0.2, 0.25) is 0 Å². The summed E-state index contributed by atoms with van der Waals surface area (Å²) >= 11 is 3.74. The molecule has 0 amide bonds. The average Bonchev–Trinajstić information content (AvgIpc) is 2.47. The highest BCUT2D eigenvalue weighted by Gasteiger charge is 2.17. The summed E-state index contributed by atoms with van der Waals surface area (Å²) in [6, 6.07) is 2.28. The largest absolute Gasteiger partial charge is 0.252 e. The van der Waals surface area contributed by atoms with Gasteiger partial charge >= 0.3 is 0 Å². The van der Waals surface area contributed by atoms with E-state index < -0.39 is 0 Å². The Hall–Kier alpha value is -1.41. The van der Waals surface area contributed by atoms with E-state index in [1.165, 1.54) is 54.0 Å². The van der Waals surface area contributed by atoms with Crippen LogP contribution in [0.5, 0.6) is 0 Å². The number of aromatic nitrogens is 1. The molecular weight excluding hydrogens is 334 g/mol. The molecule has 0 aliphatic rings. The van der Waals surface area contributed by atoms with Crippen molar-refractivity contribution >= 4 is 37.6 Å². The SMILES string of the molecule is Cc1cc2c(c(C)c1Br)c(C)c(C)c1c(C)c(C)c(C)nc12. The average molecular weight is 356 g/mol. The second-order valence-electron chi connectivity index (χ2n) is 6.48. The molecule has 0 saturated heterocycles. The van der Waals surface area contributed by atoms with Crippen LogP contribution in [0.1, 0.15) is 39.1 Å². The van der Waals surface area contributed by atoms with Crippen molar-refractivity contribution < 1.29 is 0 Å². The Morgan fingerprint density at radius 2 is 1.27 bits per heavy atom. The normalized spacial score (nSPS) is 11.6. The quantitative estimate of drug-likeness (QED) is 0.430. The first-order chi connectivity index (χ1) is 10.3. The summed E-state index contributed by atoms with van der Waals surface area (Å²) in [6.07, 6.45) is 0. The Balaban J connectivity index is 2.74. The van der Waals surface area contributed by atoms with Gasteiger partial charge < -0.3 is 0 Å². The Kier molecular flexibility index (Phi) is 3.56. The van der Waals surface area contributed by atoms with Crippen LogP contribution in [0.15, 0.2) is 10.5 Å². The molecule has 0 N–H and O–H groups in total. The minimum Gasteiger partial charge on any atom is -0.252 e. The Morgan fingerprint density at radius 1 is 0.727 bits per heavy atom. The molecule has 0 bridgehead atoms. The molecule has 0 unspecified atom stereocenters. The lowest BCUT2D eigenvalue weighted by atomic mass is 9.89. The van der Waals surface area contributed by atoms with E-state index in [-0.39, 0.29) is 0 Å². The Labute approximate surface area is 140 Å². The van der Waals surface area contributed by atoms with Crippen molar-refractivity contribution in [2.75, 3.05) is 0 Å². The Bertz CT molecular complexity index is 873. The third-order valence-electron chi connectivity index (χ3n) is 5.24. The van der Waals surface area contributed by atoms with E-state index >= 15 is 0 Å². The van der Waals surface area contributed by atoms with E-state index in [1.54, 1.807) is 0 Å². The number of hydrogen-bond acceptors (Lipinski definition) is 1. The number of rotatable bonds is 0. The molecular formula is C20H22BrN. The number of fused-ring (bicyclic) bond motifs is 3. The van der Waals surface area contributed by atoms with E-state index in [0.29, 0.717) is 0 Å². The molecule has 3 rings (SSSR count). The fraction of sp³-hybridized carbons (Fsp3) is 0.350. The van der Waals surface area contributed by atoms with Crippen LogP contribution in [0.4, 0.5) is 0 Å². The fourth-order valence-electron chi connectivity index (χ4n) is 3.60. The van der Waals surface area contributed by atoms with Gasteiger partial charge in [-0.25, -0.2) is 0 Å². The highest BCUT2D eigenvalue weighted by atomic mass is 79.9. The van der Waals surface area contributed by atoms with Crippen LogP contribution in [0.25, 0.3) is 21.7 Å². The zero-order chi connectivity index (χ0) is 16.3. The van der Waals surface area contributed by atoms with Gasteiger partial charge in [0.2, 0.25) is 0 Å². The van der Waals surface area contributed by atoms with Gasteiger partial charge in [-0.2, -0.15) is 0 Å². The van der Waals surface area contributed by atoms with Gasteiger partial charge in [0.1, 0.15) is 0 Å². The molecule has 2 heteroatoms. The topological polar surface area (TPSA) is 12.9 Å². The molecule has 1 nitrogen and oxygen atoms in total. The van der Waals surface area contributed by atoms with Gasteiger partial charge in [-0.05, 0) is 93.3 Å². The summed E-state index contributed by atoms with van der Waals surface area (Å²) in [5, 5.41) is 3.95. The standard InChI is InChI=1S/C20H22BrN/c1-9-8-16-17(14(6)19(9)21)12(4)13(5)18-11(3)10(2)15(7)22-20(16)18/h8H,1-7H3. The first kappa shape index (κ1) is 15.5. The predicted molar refractivity (Wildman–Crippen MR) is 100 cm³/mol. The number of pyridine rings is 1. The van der Waals surface area contributed by atoms with Crippen LogP contribution in [-0.2, 0) is 0 Å². The van der Waals surface area contributed by atoms with Crippen molar-refractivity contribution in [3.8, 4) is 0 Å². The van der Waals surface area contributed by atoms with E-state index in [1.807, 2.05) is 0 Å². The lowest BCUT2D eigenvalue weighted by molar-refractivity contribution is 1.16. The predicted octanol–water partition coefficient (Wildman–Crippen LogP) is 6.31. The number of nitrogens with zero attached hydrogens (tertiary/aromatic N) is 1. The summed E-state index contributed by atoms with van der Waals surface area (Å²) in [7, 11) is 0. The van der Waals surface area contributed by atoms with Crippen molar-refractivity contribution in [1.82, 2.24) is 4.98 Å². The molecule has 0 spiro atoms. The summed E-state index contributed by atoms with van der Waals surface area (Å²) in [5.74, 6) is 0. The van der Waals surface area contributed by atoms with Crippen LogP contribution in [0, 0.1) is 48.5 Å². The molecule has 3 aromatic rings. The molecule has 0 saturated carbocycles. The van der Waals surface area contributed by atoms with E-state index in [4.69, 9.17) is 4.98 Å². The second-order valence-corrected chi connectivity index (χ2v) is 7.27. The van der Waals surface area contributed by atoms with Gasteiger partial charge in [0.05, 0.1) is 5.52 Å². The zero-order valence-electron chi connectivity index (χ0n) is 14.4. The number of halogens is 1. The van der Waals surface area contributed by atoms with Gasteiger partial charge in [-0.3, -0.25) is 4.98 Å². The van der Waals surface area contributed by atoms with Crippen LogP contribution >= 0.6 is 15.9 Å². The number of benzene rings is 2. The van der Waals surface area contributed by atoms with Crippen molar-refractivity contribution in [1.29, 1.82) is 0 Å². The van der Waals surface area contributed by atoms with Crippen LogP contribution < -0.4 is 0 Å². The molecule has 0 atom stereocenters. The van der Waals surface area contributed by atoms with Gasteiger partial charge in [-0.15, -0.1) is 0 Å². The first-order valence-electron chi connectivity index (χ1n) is 7.71. The maximum atomic E-state index is 4.96. The summed E-state index contributed by atoms with van der Waals surface area (Å²) in [6.45, 7) is 15.3. The monoisotopic (exact) mass is 355 g/mol. The van der Waals surface area contributed by atoms with Crippen molar-refractivity contribution in [2.45, 2.75) is 48.5 Å². The minimum atomic E-state index is 1.13. The van der Waals surface area contributed by atoms with Crippen LogP contribution in [0.3, 0.4) is 0 Å². The molecule has 0 fully saturated rings. The van der Waals surface area contributed by atoms with Gasteiger partial charge in [0.15, 0.2) is 0 Å². The second kappa shape index (κ2) is 5.06. The molecule has 1 heterocycles. The summed E-state index contributed by atoms with van der Waals surface area (Å²) < 4.78 is 1.21. The molecule has 22 heavy (non-hydrogen) atoms. The van der Waals surface area contributed by atoms with Gasteiger partial charge in [0, 0.05) is 20.9 Å². The van der Waals surface area contributed by atoms with E-state index in [9.17, 15) is 0 Å². The first-order valence-corrected chi connectivity index (χ1v) is 8.51. The summed E-state index contributed by atoms with van der Waals surface area (Å²) in [4.78, 5) is 4.96. The van der Waals surface area contributed by atoms with Crippen molar-refractivity contribution in [3.05, 3.63) is 49.6 Å². The maximum Gasteiger partial charge on any atom is 0.0789 e. The lowest BCUT2D eigenvalue weighted by Crippen LogP contribution is -2.00. The van der Waals surface area contributed by atoms with Gasteiger partial charge in [0.25, 0.3) is 0 Å². The van der Waals surface area contributed by atoms with Crippen LogP contribution in [-0.4, -0.2) is 4.98 Å². The molecule has 0 radical (unpaired) electrons. The maximum absolute atomic E-state index is 4.96. The molecule has 2 aromatic carbocycles. The lowest BCUT2D eigenvalue weighted by Gasteiger charge is -2.19. The van der Waals surface area contributed by atoms with Crippen molar-refractivity contribution in [3.63, 3.8) is 0 Å². The highest BCUT2D eigenvalue weighted by molar-refractivity contribution is 9.10. The molecule has 114 valence electrons. The fourth-order valence-corrected chi connectivity index (χ4v) is 3.91. The van der Waals surface area contributed by atoms with E-state index in [0.717, 1.165) is 11.2 Å². The van der Waals surface area contributed by atoms with E-state index in [2.05, 4.69) is 70.5 Å². The minimum absolute atomic E-state index is 1.13. The Morgan fingerprint density at radius 3 is 1.91 bits per heavy atom. The molecule has 0 aliphatic carbocycles. The zero-order valence-corrected chi connectivity index (χ0v) is 16.0. The van der Waals surface area contributed by atoms with Crippen molar-refractivity contribution in [2.24, 2.45) is 0 Å². The van der Waals surface area contributed by atoms with Gasteiger partial charge in [-0.1, -0.05) is 15.9 Å². The summed E-state index contributed by atoms with van der Waals surface area (Å²) in [5.41, 5.74) is 10.3. The number of aryl methyl sites for hydroxylation is 6. The molecule has 0 aliphatic heterocycles. The smallest absolute Gasteiger partial charge is 0.0789 e.